The Hall–Kier alpha value is -3.35. The molecule has 0 bridgehead atoms. The molecule has 1 fully saturated rings. The minimum absolute atomic E-state index is 0.0504. The Labute approximate surface area is 193 Å². The number of amides is 2. The van der Waals surface area contributed by atoms with Crippen LogP contribution in [0.1, 0.15) is 56.6 Å². The number of hydrogen-bond donors (Lipinski definition) is 3. The van der Waals surface area contributed by atoms with Crippen LogP contribution in [0.3, 0.4) is 0 Å². The Morgan fingerprint density at radius 2 is 1.67 bits per heavy atom. The molecular weight excluding hydrogens is 420 g/mol. The number of hydrogen-bond acceptors (Lipinski definition) is 4. The van der Waals surface area contributed by atoms with E-state index in [9.17, 15) is 19.5 Å². The third-order valence-corrected chi connectivity index (χ3v) is 6.90. The first-order valence-electron chi connectivity index (χ1n) is 11.4. The van der Waals surface area contributed by atoms with Gasteiger partial charge in [-0.25, -0.2) is 4.79 Å². The van der Waals surface area contributed by atoms with Gasteiger partial charge >= 0.3 is 12.1 Å². The predicted octanol–water partition coefficient (Wildman–Crippen LogP) is 4.06. The molecule has 2 aliphatic rings. The minimum atomic E-state index is -1.20. The van der Waals surface area contributed by atoms with Crippen LogP contribution in [0.25, 0.3) is 11.1 Å². The molecular formula is C26H30N2O5. The van der Waals surface area contributed by atoms with E-state index in [1.54, 1.807) is 0 Å². The van der Waals surface area contributed by atoms with Gasteiger partial charge in [0.05, 0.1) is 6.42 Å². The van der Waals surface area contributed by atoms with Gasteiger partial charge in [0.25, 0.3) is 0 Å². The standard InChI is InChI=1S/C26H30N2O5/c1-26(2)13-7-12-22(26)28-24(31)21(14-23(29)30)27-25(32)33-15-20-18-10-5-3-8-16(18)17-9-4-6-11-19(17)20/h3-6,8-11,20-22H,7,12-15H2,1-2H3,(H,27,32)(H,28,31)(H,29,30). The minimum Gasteiger partial charge on any atom is -0.481 e. The summed E-state index contributed by atoms with van der Waals surface area (Å²) in [5.41, 5.74) is 4.33. The maximum atomic E-state index is 12.8. The zero-order valence-corrected chi connectivity index (χ0v) is 19.0. The van der Waals surface area contributed by atoms with E-state index in [2.05, 4.69) is 24.5 Å². The summed E-state index contributed by atoms with van der Waals surface area (Å²) in [6.07, 6.45) is 1.51. The maximum Gasteiger partial charge on any atom is 0.407 e. The first-order valence-corrected chi connectivity index (χ1v) is 11.4. The first-order chi connectivity index (χ1) is 15.8. The van der Waals surface area contributed by atoms with E-state index in [0.29, 0.717) is 0 Å². The van der Waals surface area contributed by atoms with Crippen molar-refractivity contribution in [2.24, 2.45) is 5.41 Å². The molecule has 3 N–H and O–H groups in total. The van der Waals surface area contributed by atoms with E-state index < -0.39 is 30.4 Å². The molecule has 2 atom stereocenters. The number of ether oxygens (including phenoxy) is 1. The Balaban J connectivity index is 1.41. The number of carboxylic acid groups (broad SMARTS) is 1. The van der Waals surface area contributed by atoms with Gasteiger partial charge in [-0.3, -0.25) is 9.59 Å². The van der Waals surface area contributed by atoms with Crippen LogP contribution < -0.4 is 10.6 Å². The van der Waals surface area contributed by atoms with Crippen LogP contribution in [-0.4, -0.2) is 41.8 Å². The largest absolute Gasteiger partial charge is 0.481 e. The summed E-state index contributed by atoms with van der Waals surface area (Å²) in [7, 11) is 0. The van der Waals surface area contributed by atoms with Crippen LogP contribution in [0.2, 0.25) is 0 Å². The zero-order chi connectivity index (χ0) is 23.6. The SMILES string of the molecule is CC1(C)CCCC1NC(=O)C(CC(=O)O)NC(=O)OCC1c2ccccc2-c2ccccc21. The Kier molecular flexibility index (Phi) is 6.40. The highest BCUT2D eigenvalue weighted by molar-refractivity contribution is 5.89. The van der Waals surface area contributed by atoms with Crippen molar-refractivity contribution >= 4 is 18.0 Å². The molecule has 0 saturated heterocycles. The number of carbonyl (C=O) groups is 3. The predicted molar refractivity (Wildman–Crippen MR) is 124 cm³/mol. The molecule has 0 aromatic heterocycles. The smallest absolute Gasteiger partial charge is 0.407 e. The lowest BCUT2D eigenvalue weighted by Crippen LogP contribution is -2.52. The topological polar surface area (TPSA) is 105 Å². The van der Waals surface area contributed by atoms with Crippen molar-refractivity contribution in [3.05, 3.63) is 59.7 Å². The third kappa shape index (κ3) is 4.87. The van der Waals surface area contributed by atoms with Gasteiger partial charge in [0, 0.05) is 12.0 Å². The van der Waals surface area contributed by atoms with Crippen molar-refractivity contribution in [1.82, 2.24) is 10.6 Å². The normalized spacial score (nSPS) is 19.3. The molecule has 0 radical (unpaired) electrons. The number of nitrogens with one attached hydrogen (secondary N) is 2. The third-order valence-electron chi connectivity index (χ3n) is 6.90. The van der Waals surface area contributed by atoms with Crippen molar-refractivity contribution in [3.63, 3.8) is 0 Å². The van der Waals surface area contributed by atoms with E-state index in [-0.39, 0.29) is 24.0 Å². The zero-order valence-electron chi connectivity index (χ0n) is 19.0. The number of carboxylic acids is 1. The second kappa shape index (κ2) is 9.25. The van der Waals surface area contributed by atoms with Gasteiger partial charge < -0.3 is 20.5 Å². The lowest BCUT2D eigenvalue weighted by atomic mass is 9.87. The molecule has 1 saturated carbocycles. The second-order valence-corrected chi connectivity index (χ2v) is 9.56. The van der Waals surface area contributed by atoms with E-state index in [1.807, 2.05) is 48.5 Å². The lowest BCUT2D eigenvalue weighted by molar-refractivity contribution is -0.140. The fraction of sp³-hybridized carbons (Fsp3) is 0.423. The summed E-state index contributed by atoms with van der Waals surface area (Å²) in [5.74, 6) is -1.78. The molecule has 2 aliphatic carbocycles. The van der Waals surface area contributed by atoms with Crippen molar-refractivity contribution in [2.75, 3.05) is 6.61 Å². The quantitative estimate of drug-likeness (QED) is 0.590. The molecule has 2 unspecified atom stereocenters. The number of aliphatic carboxylic acids is 1. The molecule has 174 valence electrons. The van der Waals surface area contributed by atoms with Crippen LogP contribution in [0.4, 0.5) is 4.79 Å². The van der Waals surface area contributed by atoms with Crippen LogP contribution in [0.5, 0.6) is 0 Å². The number of benzene rings is 2. The number of fused-ring (bicyclic) bond motifs is 3. The fourth-order valence-corrected chi connectivity index (χ4v) is 5.03. The first kappa shape index (κ1) is 22.8. The van der Waals surface area contributed by atoms with Gasteiger partial charge in [0.1, 0.15) is 12.6 Å². The molecule has 0 heterocycles. The maximum absolute atomic E-state index is 12.8. The average Bonchev–Trinajstić information content (AvgIpc) is 3.28. The van der Waals surface area contributed by atoms with Crippen LogP contribution in [-0.2, 0) is 14.3 Å². The Morgan fingerprint density at radius 1 is 1.06 bits per heavy atom. The van der Waals surface area contributed by atoms with Gasteiger partial charge in [-0.1, -0.05) is 68.8 Å². The van der Waals surface area contributed by atoms with Crippen LogP contribution >= 0.6 is 0 Å². The summed E-state index contributed by atoms with van der Waals surface area (Å²) in [6.45, 7) is 4.25. The summed E-state index contributed by atoms with van der Waals surface area (Å²) >= 11 is 0. The summed E-state index contributed by atoms with van der Waals surface area (Å²) in [4.78, 5) is 36.7. The highest BCUT2D eigenvalue weighted by atomic mass is 16.5. The van der Waals surface area contributed by atoms with Crippen molar-refractivity contribution in [3.8, 4) is 11.1 Å². The Bertz CT molecular complexity index is 1020. The molecule has 2 amide bonds. The van der Waals surface area contributed by atoms with Gasteiger partial charge in [0.2, 0.25) is 5.91 Å². The molecule has 0 spiro atoms. The van der Waals surface area contributed by atoms with Gasteiger partial charge in [-0.05, 0) is 40.5 Å². The van der Waals surface area contributed by atoms with Gasteiger partial charge in [-0.15, -0.1) is 0 Å². The molecule has 33 heavy (non-hydrogen) atoms. The van der Waals surface area contributed by atoms with Crippen molar-refractivity contribution < 1.29 is 24.2 Å². The number of carbonyl (C=O) groups excluding carboxylic acids is 2. The molecule has 7 heteroatoms. The van der Waals surface area contributed by atoms with E-state index in [4.69, 9.17) is 4.74 Å². The summed E-state index contributed by atoms with van der Waals surface area (Å²) < 4.78 is 5.49. The molecule has 2 aromatic carbocycles. The molecule has 2 aromatic rings. The lowest BCUT2D eigenvalue weighted by Gasteiger charge is -2.29. The fourth-order valence-electron chi connectivity index (χ4n) is 5.03. The summed E-state index contributed by atoms with van der Waals surface area (Å²) in [5, 5.41) is 14.7. The van der Waals surface area contributed by atoms with Crippen LogP contribution in [0, 0.1) is 5.41 Å². The number of alkyl carbamates (subject to hydrolysis) is 1. The molecule has 0 aliphatic heterocycles. The second-order valence-electron chi connectivity index (χ2n) is 9.56. The highest BCUT2D eigenvalue weighted by Crippen LogP contribution is 2.44. The summed E-state index contributed by atoms with van der Waals surface area (Å²) in [6, 6.07) is 14.7. The van der Waals surface area contributed by atoms with E-state index >= 15 is 0 Å². The van der Waals surface area contributed by atoms with Crippen molar-refractivity contribution in [2.45, 2.75) is 57.5 Å². The Morgan fingerprint density at radius 3 is 2.21 bits per heavy atom. The van der Waals surface area contributed by atoms with E-state index in [0.717, 1.165) is 41.5 Å². The number of rotatable bonds is 7. The molecule has 4 rings (SSSR count). The van der Waals surface area contributed by atoms with E-state index in [1.165, 1.54) is 0 Å². The monoisotopic (exact) mass is 450 g/mol. The van der Waals surface area contributed by atoms with Gasteiger partial charge in [0.15, 0.2) is 0 Å². The average molecular weight is 451 g/mol. The van der Waals surface area contributed by atoms with Crippen LogP contribution in [0.15, 0.2) is 48.5 Å². The molecule has 7 nitrogen and oxygen atoms in total. The van der Waals surface area contributed by atoms with Gasteiger partial charge in [-0.2, -0.15) is 0 Å². The highest BCUT2D eigenvalue weighted by Gasteiger charge is 2.37. The van der Waals surface area contributed by atoms with Crippen molar-refractivity contribution in [1.29, 1.82) is 0 Å².